The highest BCUT2D eigenvalue weighted by atomic mass is 35.5. The molecule has 1 heterocycles. The van der Waals surface area contributed by atoms with E-state index >= 15 is 0 Å². The number of aromatic nitrogens is 1. The minimum absolute atomic E-state index is 0.0491. The van der Waals surface area contributed by atoms with Crippen LogP contribution >= 0.6 is 11.6 Å². The second-order valence-corrected chi connectivity index (χ2v) is 6.77. The lowest BCUT2D eigenvalue weighted by molar-refractivity contribution is -0.0258. The van der Waals surface area contributed by atoms with Crippen molar-refractivity contribution in [3.63, 3.8) is 0 Å². The molecule has 7 nitrogen and oxygen atoms in total. The van der Waals surface area contributed by atoms with Crippen LogP contribution in [0.3, 0.4) is 0 Å². The van der Waals surface area contributed by atoms with Gasteiger partial charge in [-0.05, 0) is 36.4 Å². The molecule has 9 heteroatoms. The van der Waals surface area contributed by atoms with E-state index in [2.05, 4.69) is 15.1 Å². The van der Waals surface area contributed by atoms with Gasteiger partial charge in [0.25, 0.3) is 15.9 Å². The van der Waals surface area contributed by atoms with E-state index in [0.717, 1.165) is 4.47 Å². The van der Waals surface area contributed by atoms with Crippen LogP contribution in [0.1, 0.15) is 10.4 Å². The second kappa shape index (κ2) is 7.05. The van der Waals surface area contributed by atoms with Crippen molar-refractivity contribution in [3.8, 4) is 0 Å². The third-order valence-corrected chi connectivity index (χ3v) is 4.91. The Morgan fingerprint density at radius 1 is 1.22 bits per heavy atom. The number of hydrogen-bond acceptors (Lipinski definition) is 5. The van der Waals surface area contributed by atoms with Gasteiger partial charge in [0.15, 0.2) is 0 Å². The molecule has 0 fully saturated rings. The first-order chi connectivity index (χ1) is 10.8. The van der Waals surface area contributed by atoms with Crippen LogP contribution in [0.25, 0.3) is 0 Å². The van der Waals surface area contributed by atoms with Gasteiger partial charge in [-0.25, -0.2) is 13.4 Å². The van der Waals surface area contributed by atoms with Gasteiger partial charge in [0.05, 0.1) is 17.6 Å². The van der Waals surface area contributed by atoms with Crippen molar-refractivity contribution in [2.24, 2.45) is 0 Å². The standard InChI is InChI=1S/C14H14ClN3O4S/c1-18(22-2)23(20,21)12-6-4-11(5-7-12)17-14(19)10-3-8-13(15)16-9-10/h3-9H,1-2H3,(H,17,19). The van der Waals surface area contributed by atoms with Gasteiger partial charge in [-0.3, -0.25) is 9.63 Å². The van der Waals surface area contributed by atoms with Gasteiger partial charge in [0.1, 0.15) is 5.15 Å². The van der Waals surface area contributed by atoms with Crippen molar-refractivity contribution >= 4 is 33.2 Å². The topological polar surface area (TPSA) is 88.6 Å². The van der Waals surface area contributed by atoms with E-state index in [-0.39, 0.29) is 10.8 Å². The van der Waals surface area contributed by atoms with Gasteiger partial charge in [-0.15, -0.1) is 0 Å². The molecule has 1 aromatic carbocycles. The van der Waals surface area contributed by atoms with Gasteiger partial charge in [-0.1, -0.05) is 16.1 Å². The van der Waals surface area contributed by atoms with E-state index in [1.165, 1.54) is 56.8 Å². The summed E-state index contributed by atoms with van der Waals surface area (Å²) in [5.41, 5.74) is 0.786. The van der Waals surface area contributed by atoms with Crippen molar-refractivity contribution in [2.75, 3.05) is 19.5 Å². The smallest absolute Gasteiger partial charge is 0.264 e. The number of benzene rings is 1. The van der Waals surface area contributed by atoms with Gasteiger partial charge >= 0.3 is 0 Å². The Morgan fingerprint density at radius 2 is 1.87 bits per heavy atom. The number of nitrogens with zero attached hydrogens (tertiary/aromatic N) is 2. The van der Waals surface area contributed by atoms with Crippen LogP contribution < -0.4 is 5.32 Å². The molecule has 122 valence electrons. The Hall–Kier alpha value is -2.00. The number of halogens is 1. The molecule has 0 atom stereocenters. The normalized spacial score (nSPS) is 11.5. The number of hydroxylamine groups is 1. The summed E-state index contributed by atoms with van der Waals surface area (Å²) in [5.74, 6) is -0.376. The zero-order valence-corrected chi connectivity index (χ0v) is 13.9. The van der Waals surface area contributed by atoms with Crippen molar-refractivity contribution in [1.29, 1.82) is 0 Å². The first-order valence-electron chi connectivity index (χ1n) is 6.40. The first kappa shape index (κ1) is 17.4. The molecule has 0 saturated carbocycles. The average Bonchev–Trinajstić information content (AvgIpc) is 2.55. The molecule has 2 aromatic rings. The number of carbonyl (C=O) groups excluding carboxylic acids is 1. The SMILES string of the molecule is CON(C)S(=O)(=O)c1ccc(NC(=O)c2ccc(Cl)nc2)cc1. The third-order valence-electron chi connectivity index (χ3n) is 3.00. The van der Waals surface area contributed by atoms with Gasteiger partial charge in [0, 0.05) is 18.9 Å². The summed E-state index contributed by atoms with van der Waals surface area (Å²) in [7, 11) is -1.17. The van der Waals surface area contributed by atoms with Crippen molar-refractivity contribution in [2.45, 2.75) is 4.90 Å². The van der Waals surface area contributed by atoms with Crippen LogP contribution in [-0.2, 0) is 14.9 Å². The fourth-order valence-electron chi connectivity index (χ4n) is 1.67. The zero-order valence-electron chi connectivity index (χ0n) is 12.4. The van der Waals surface area contributed by atoms with E-state index in [9.17, 15) is 13.2 Å². The molecule has 1 amide bonds. The second-order valence-electron chi connectivity index (χ2n) is 4.45. The summed E-state index contributed by atoms with van der Waals surface area (Å²) in [5, 5.41) is 2.93. The maximum atomic E-state index is 12.0. The van der Waals surface area contributed by atoms with Gasteiger partial charge in [-0.2, -0.15) is 0 Å². The number of nitrogens with one attached hydrogen (secondary N) is 1. The molecular formula is C14H14ClN3O4S. The number of anilines is 1. The molecule has 0 aliphatic heterocycles. The third kappa shape index (κ3) is 4.05. The summed E-state index contributed by atoms with van der Waals surface area (Å²) in [4.78, 5) is 20.6. The fraction of sp³-hybridized carbons (Fsp3) is 0.143. The summed E-state index contributed by atoms with van der Waals surface area (Å²) in [6.07, 6.45) is 1.35. The number of amides is 1. The lowest BCUT2D eigenvalue weighted by Gasteiger charge is -2.14. The quantitative estimate of drug-likeness (QED) is 0.656. The lowest BCUT2D eigenvalue weighted by Crippen LogP contribution is -2.25. The van der Waals surface area contributed by atoms with E-state index < -0.39 is 10.0 Å². The number of hydrogen-bond donors (Lipinski definition) is 1. The molecule has 0 saturated heterocycles. The predicted octanol–water partition coefficient (Wildman–Crippen LogP) is 2.17. The molecule has 0 spiro atoms. The highest BCUT2D eigenvalue weighted by Crippen LogP contribution is 2.18. The molecule has 0 bridgehead atoms. The molecule has 0 radical (unpaired) electrons. The maximum Gasteiger partial charge on any atom is 0.264 e. The van der Waals surface area contributed by atoms with Crippen LogP contribution in [0.2, 0.25) is 5.15 Å². The van der Waals surface area contributed by atoms with Crippen LogP contribution in [0, 0.1) is 0 Å². The van der Waals surface area contributed by atoms with Gasteiger partial charge in [0.2, 0.25) is 0 Å². The number of rotatable bonds is 5. The molecule has 23 heavy (non-hydrogen) atoms. The number of pyridine rings is 1. The summed E-state index contributed by atoms with van der Waals surface area (Å²) in [6, 6.07) is 8.76. The molecule has 2 rings (SSSR count). The Balaban J connectivity index is 2.14. The molecule has 0 aliphatic rings. The lowest BCUT2D eigenvalue weighted by atomic mass is 10.2. The maximum absolute atomic E-state index is 12.0. The van der Waals surface area contributed by atoms with Crippen molar-refractivity contribution in [3.05, 3.63) is 53.3 Å². The largest absolute Gasteiger partial charge is 0.322 e. The molecule has 1 aromatic heterocycles. The van der Waals surface area contributed by atoms with Crippen molar-refractivity contribution < 1.29 is 18.0 Å². The Bertz CT molecular complexity index is 792. The van der Waals surface area contributed by atoms with Crippen LogP contribution in [0.15, 0.2) is 47.5 Å². The monoisotopic (exact) mass is 355 g/mol. The predicted molar refractivity (Wildman–Crippen MR) is 85.6 cm³/mol. The molecule has 0 aliphatic carbocycles. The van der Waals surface area contributed by atoms with Crippen LogP contribution in [-0.4, -0.2) is 37.9 Å². The Kier molecular flexibility index (Phi) is 5.32. The highest BCUT2D eigenvalue weighted by Gasteiger charge is 2.20. The molecule has 1 N–H and O–H groups in total. The van der Waals surface area contributed by atoms with E-state index in [4.69, 9.17) is 11.6 Å². The zero-order chi connectivity index (χ0) is 17.0. The average molecular weight is 356 g/mol. The van der Waals surface area contributed by atoms with E-state index in [1.807, 2.05) is 0 Å². The molecular weight excluding hydrogens is 342 g/mol. The molecule has 0 unspecified atom stereocenters. The van der Waals surface area contributed by atoms with E-state index in [1.54, 1.807) is 0 Å². The van der Waals surface area contributed by atoms with Crippen LogP contribution in [0.4, 0.5) is 5.69 Å². The number of carbonyl (C=O) groups is 1. The highest BCUT2D eigenvalue weighted by molar-refractivity contribution is 7.89. The van der Waals surface area contributed by atoms with Crippen molar-refractivity contribution in [1.82, 2.24) is 9.45 Å². The fourth-order valence-corrected chi connectivity index (χ4v) is 2.76. The minimum Gasteiger partial charge on any atom is -0.322 e. The van der Waals surface area contributed by atoms with Crippen LogP contribution in [0.5, 0.6) is 0 Å². The van der Waals surface area contributed by atoms with E-state index in [0.29, 0.717) is 16.4 Å². The summed E-state index contributed by atoms with van der Waals surface area (Å²) in [6.45, 7) is 0. The number of sulfonamides is 1. The summed E-state index contributed by atoms with van der Waals surface area (Å²) < 4.78 is 24.8. The Morgan fingerprint density at radius 3 is 2.39 bits per heavy atom. The minimum atomic E-state index is -3.72. The first-order valence-corrected chi connectivity index (χ1v) is 8.22. The van der Waals surface area contributed by atoms with Gasteiger partial charge < -0.3 is 5.32 Å². The summed E-state index contributed by atoms with van der Waals surface area (Å²) >= 11 is 5.66. The Labute approximate surface area is 138 Å².